The number of furan rings is 1. The molecule has 0 aliphatic heterocycles. The maximum Gasteiger partial charge on any atom is 0.231 e. The Morgan fingerprint density at radius 1 is 1.21 bits per heavy atom. The first-order valence-corrected chi connectivity index (χ1v) is 10.1. The number of hydrogen-bond donors (Lipinski definition) is 0. The van der Waals surface area contributed by atoms with E-state index in [-0.39, 0.29) is 18.7 Å². The summed E-state index contributed by atoms with van der Waals surface area (Å²) in [4.78, 5) is 14.8. The third kappa shape index (κ3) is 3.97. The van der Waals surface area contributed by atoms with E-state index in [0.29, 0.717) is 13.2 Å². The predicted molar refractivity (Wildman–Crippen MR) is 112 cm³/mol. The highest BCUT2D eigenvalue weighted by Crippen LogP contribution is 2.31. The smallest absolute Gasteiger partial charge is 0.231 e. The van der Waals surface area contributed by atoms with Gasteiger partial charge in [-0.25, -0.2) is 0 Å². The van der Waals surface area contributed by atoms with Crippen LogP contribution in [0.2, 0.25) is 0 Å². The standard InChI is InChI=1S/C24H24N2O3/c1-2-28-21-9-7-20(8-10-21)26(12-4-11-25)24(27)15-19-16-29-23-14-18-6-3-5-17(18)13-22(19)23/h7-10,13-14,16H,2-6,12,15H2,1H3. The number of ether oxygens (including phenoxy) is 1. The average molecular weight is 388 g/mol. The van der Waals surface area contributed by atoms with Gasteiger partial charge in [-0.2, -0.15) is 5.26 Å². The zero-order valence-electron chi connectivity index (χ0n) is 16.6. The van der Waals surface area contributed by atoms with Crippen LogP contribution in [0, 0.1) is 11.3 Å². The van der Waals surface area contributed by atoms with Gasteiger partial charge in [-0.05, 0) is 73.7 Å². The molecule has 0 fully saturated rings. The highest BCUT2D eigenvalue weighted by molar-refractivity contribution is 5.97. The van der Waals surface area contributed by atoms with Crippen molar-refractivity contribution in [1.82, 2.24) is 0 Å². The summed E-state index contributed by atoms with van der Waals surface area (Å²) in [5.74, 6) is 0.714. The molecule has 148 valence electrons. The fraction of sp³-hybridized carbons (Fsp3) is 0.333. The summed E-state index contributed by atoms with van der Waals surface area (Å²) in [6, 6.07) is 13.9. The topological polar surface area (TPSA) is 66.5 Å². The molecular weight excluding hydrogens is 364 g/mol. The number of anilines is 1. The average Bonchev–Trinajstić information content (AvgIpc) is 3.34. The van der Waals surface area contributed by atoms with Crippen molar-refractivity contribution in [2.75, 3.05) is 18.1 Å². The van der Waals surface area contributed by atoms with Gasteiger partial charge in [0, 0.05) is 23.2 Å². The summed E-state index contributed by atoms with van der Waals surface area (Å²) < 4.78 is 11.2. The number of hydrogen-bond acceptors (Lipinski definition) is 4. The largest absolute Gasteiger partial charge is 0.494 e. The third-order valence-corrected chi connectivity index (χ3v) is 5.42. The number of rotatable bonds is 7. The minimum Gasteiger partial charge on any atom is -0.494 e. The number of amides is 1. The Bertz CT molecular complexity index is 1060. The van der Waals surface area contributed by atoms with Gasteiger partial charge in [0.05, 0.1) is 31.8 Å². The van der Waals surface area contributed by atoms with Gasteiger partial charge in [-0.3, -0.25) is 4.79 Å². The van der Waals surface area contributed by atoms with E-state index in [1.165, 1.54) is 17.5 Å². The SMILES string of the molecule is CCOc1ccc(N(CCC#N)C(=O)Cc2coc3cc4c(cc23)CCC4)cc1. The van der Waals surface area contributed by atoms with E-state index in [9.17, 15) is 4.79 Å². The fourth-order valence-corrected chi connectivity index (χ4v) is 3.99. The van der Waals surface area contributed by atoms with Crippen LogP contribution in [0.25, 0.3) is 11.0 Å². The van der Waals surface area contributed by atoms with Crippen molar-refractivity contribution in [3.63, 3.8) is 0 Å². The lowest BCUT2D eigenvalue weighted by Gasteiger charge is -2.22. The minimum atomic E-state index is -0.0485. The lowest BCUT2D eigenvalue weighted by Crippen LogP contribution is -2.33. The van der Waals surface area contributed by atoms with E-state index in [1.807, 2.05) is 31.2 Å². The number of nitrogens with zero attached hydrogens (tertiary/aromatic N) is 2. The van der Waals surface area contributed by atoms with E-state index in [4.69, 9.17) is 14.4 Å². The van der Waals surface area contributed by atoms with Crippen LogP contribution < -0.4 is 9.64 Å². The second-order valence-corrected chi connectivity index (χ2v) is 7.29. The van der Waals surface area contributed by atoms with Crippen LogP contribution in [0.5, 0.6) is 5.75 Å². The maximum atomic E-state index is 13.1. The van der Waals surface area contributed by atoms with E-state index in [1.54, 1.807) is 11.2 Å². The van der Waals surface area contributed by atoms with Gasteiger partial charge >= 0.3 is 0 Å². The van der Waals surface area contributed by atoms with Gasteiger partial charge in [-0.1, -0.05) is 0 Å². The number of fused-ring (bicyclic) bond motifs is 2. The molecule has 0 saturated carbocycles. The second kappa shape index (κ2) is 8.40. The predicted octanol–water partition coefficient (Wildman–Crippen LogP) is 4.81. The molecule has 1 aliphatic carbocycles. The van der Waals surface area contributed by atoms with Crippen LogP contribution in [0.1, 0.15) is 36.5 Å². The van der Waals surface area contributed by atoms with Crippen molar-refractivity contribution in [3.05, 3.63) is 59.4 Å². The number of nitriles is 1. The highest BCUT2D eigenvalue weighted by atomic mass is 16.5. The fourth-order valence-electron chi connectivity index (χ4n) is 3.99. The van der Waals surface area contributed by atoms with Gasteiger partial charge in [0.15, 0.2) is 0 Å². The summed E-state index contributed by atoms with van der Waals surface area (Å²) >= 11 is 0. The molecule has 1 heterocycles. The lowest BCUT2D eigenvalue weighted by atomic mass is 10.0. The summed E-state index contributed by atoms with van der Waals surface area (Å²) in [5.41, 5.74) is 5.23. The van der Waals surface area contributed by atoms with E-state index in [2.05, 4.69) is 18.2 Å². The molecule has 0 saturated heterocycles. The number of carbonyl (C=O) groups excluding carboxylic acids is 1. The molecule has 29 heavy (non-hydrogen) atoms. The first-order valence-electron chi connectivity index (χ1n) is 10.1. The molecule has 1 aromatic heterocycles. The van der Waals surface area contributed by atoms with Gasteiger partial charge in [0.25, 0.3) is 0 Å². The van der Waals surface area contributed by atoms with Crippen molar-refractivity contribution in [2.24, 2.45) is 0 Å². The first-order chi connectivity index (χ1) is 14.2. The second-order valence-electron chi connectivity index (χ2n) is 7.29. The Morgan fingerprint density at radius 2 is 1.97 bits per heavy atom. The Balaban J connectivity index is 1.58. The lowest BCUT2D eigenvalue weighted by molar-refractivity contribution is -0.118. The molecule has 0 N–H and O–H groups in total. The molecule has 5 heteroatoms. The molecule has 3 aromatic rings. The summed E-state index contributed by atoms with van der Waals surface area (Å²) in [6.07, 6.45) is 5.57. The van der Waals surface area contributed by atoms with Gasteiger partial charge in [0.2, 0.25) is 5.91 Å². The highest BCUT2D eigenvalue weighted by Gasteiger charge is 2.20. The third-order valence-electron chi connectivity index (χ3n) is 5.42. The normalized spacial score (nSPS) is 12.6. The Morgan fingerprint density at radius 3 is 2.69 bits per heavy atom. The van der Waals surface area contributed by atoms with Crippen molar-refractivity contribution in [1.29, 1.82) is 5.26 Å². The first kappa shape index (κ1) is 19.1. The van der Waals surface area contributed by atoms with Crippen LogP contribution in [-0.2, 0) is 24.1 Å². The molecule has 4 rings (SSSR count). The van der Waals surface area contributed by atoms with E-state index in [0.717, 1.165) is 40.8 Å². The monoisotopic (exact) mass is 388 g/mol. The van der Waals surface area contributed by atoms with Crippen LogP contribution in [0.3, 0.4) is 0 Å². The van der Waals surface area contributed by atoms with E-state index < -0.39 is 0 Å². The number of aryl methyl sites for hydroxylation is 2. The molecule has 0 radical (unpaired) electrons. The zero-order valence-corrected chi connectivity index (χ0v) is 16.6. The quantitative estimate of drug-likeness (QED) is 0.583. The molecule has 1 amide bonds. The number of benzene rings is 2. The molecule has 0 unspecified atom stereocenters. The zero-order chi connectivity index (χ0) is 20.2. The van der Waals surface area contributed by atoms with Gasteiger partial charge < -0.3 is 14.1 Å². The van der Waals surface area contributed by atoms with Crippen LogP contribution in [-0.4, -0.2) is 19.1 Å². The van der Waals surface area contributed by atoms with Crippen molar-refractivity contribution >= 4 is 22.6 Å². The molecule has 5 nitrogen and oxygen atoms in total. The minimum absolute atomic E-state index is 0.0485. The number of carbonyl (C=O) groups is 1. The maximum absolute atomic E-state index is 13.1. The van der Waals surface area contributed by atoms with Gasteiger partial charge in [-0.15, -0.1) is 0 Å². The van der Waals surface area contributed by atoms with Crippen LogP contribution in [0.15, 0.2) is 47.1 Å². The Kier molecular flexibility index (Phi) is 5.53. The molecule has 2 aromatic carbocycles. The molecular formula is C24H24N2O3. The van der Waals surface area contributed by atoms with Crippen LogP contribution >= 0.6 is 0 Å². The Hall–Kier alpha value is -3.26. The molecule has 0 bridgehead atoms. The summed E-state index contributed by atoms with van der Waals surface area (Å²) in [7, 11) is 0. The molecule has 0 spiro atoms. The molecule has 0 atom stereocenters. The van der Waals surface area contributed by atoms with Crippen molar-refractivity contribution in [2.45, 2.75) is 39.0 Å². The Labute approximate surface area is 170 Å². The van der Waals surface area contributed by atoms with Crippen molar-refractivity contribution < 1.29 is 13.9 Å². The summed E-state index contributed by atoms with van der Waals surface area (Å²) in [6.45, 7) is 2.88. The summed E-state index contributed by atoms with van der Waals surface area (Å²) in [5, 5.41) is 10.0. The van der Waals surface area contributed by atoms with Crippen molar-refractivity contribution in [3.8, 4) is 11.8 Å². The van der Waals surface area contributed by atoms with Crippen LogP contribution in [0.4, 0.5) is 5.69 Å². The van der Waals surface area contributed by atoms with Gasteiger partial charge in [0.1, 0.15) is 11.3 Å². The van der Waals surface area contributed by atoms with E-state index >= 15 is 0 Å². The molecule has 1 aliphatic rings.